The Morgan fingerprint density at radius 1 is 1.15 bits per heavy atom. The van der Waals surface area contributed by atoms with Gasteiger partial charge in [0.25, 0.3) is 0 Å². The van der Waals surface area contributed by atoms with Gasteiger partial charge >= 0.3 is 5.63 Å². The summed E-state index contributed by atoms with van der Waals surface area (Å²) in [5.41, 5.74) is 1.80. The Labute approximate surface area is 151 Å². The van der Waals surface area contributed by atoms with Crippen LogP contribution in [0.2, 0.25) is 0 Å². The van der Waals surface area contributed by atoms with Gasteiger partial charge < -0.3 is 13.9 Å². The molecule has 5 heteroatoms. The largest absolute Gasteiger partial charge is 0.489 e. The molecule has 136 valence electrons. The highest BCUT2D eigenvalue weighted by Crippen LogP contribution is 2.47. The highest BCUT2D eigenvalue weighted by atomic mass is 16.5. The summed E-state index contributed by atoms with van der Waals surface area (Å²) >= 11 is 0. The number of fused-ring (bicyclic) bond motifs is 6. The number of hydrogen-bond acceptors (Lipinski definition) is 5. The van der Waals surface area contributed by atoms with Crippen LogP contribution in [0.15, 0.2) is 21.4 Å². The molecule has 2 aromatic rings. The molecule has 1 aromatic heterocycles. The Morgan fingerprint density at radius 3 is 2.69 bits per heavy atom. The predicted octanol–water partition coefficient (Wildman–Crippen LogP) is 4.28. The molecule has 0 saturated heterocycles. The lowest BCUT2D eigenvalue weighted by molar-refractivity contribution is 0.0870. The van der Waals surface area contributed by atoms with Gasteiger partial charge in [0, 0.05) is 12.5 Å². The number of Topliss-reactive ketones (excluding diaryl/α,β-unsaturated/α-hetero) is 1. The number of ketones is 1. The van der Waals surface area contributed by atoms with Crippen molar-refractivity contribution in [3.05, 3.63) is 39.3 Å². The first-order valence-corrected chi connectivity index (χ1v) is 9.24. The van der Waals surface area contributed by atoms with Gasteiger partial charge in [0.2, 0.25) is 0 Å². The molecule has 0 N–H and O–H groups in total. The molecule has 0 fully saturated rings. The van der Waals surface area contributed by atoms with E-state index in [0.29, 0.717) is 29.1 Å². The minimum atomic E-state index is -0.459. The van der Waals surface area contributed by atoms with E-state index in [4.69, 9.17) is 13.9 Å². The fourth-order valence-corrected chi connectivity index (χ4v) is 3.81. The first-order chi connectivity index (χ1) is 12.5. The SMILES string of the molecule is CCCC1C=Cc2c3c(c4oc(=O)cc(CC)c4c2O1)C(=O)CC(C)O3. The minimum absolute atomic E-state index is 0.0397. The number of rotatable bonds is 3. The summed E-state index contributed by atoms with van der Waals surface area (Å²) in [6, 6.07) is 1.49. The van der Waals surface area contributed by atoms with E-state index < -0.39 is 5.63 Å². The summed E-state index contributed by atoms with van der Waals surface area (Å²) < 4.78 is 17.8. The molecule has 2 aliphatic heterocycles. The average Bonchev–Trinajstić information content (AvgIpc) is 2.60. The maximum absolute atomic E-state index is 12.8. The van der Waals surface area contributed by atoms with Gasteiger partial charge in [-0.05, 0) is 37.5 Å². The van der Waals surface area contributed by atoms with Gasteiger partial charge in [-0.2, -0.15) is 0 Å². The summed E-state index contributed by atoms with van der Waals surface area (Å²) in [6.07, 6.45) is 6.52. The minimum Gasteiger partial charge on any atom is -0.489 e. The Hall–Kier alpha value is -2.56. The van der Waals surface area contributed by atoms with E-state index >= 15 is 0 Å². The molecule has 4 rings (SSSR count). The van der Waals surface area contributed by atoms with Crippen LogP contribution in [0.1, 0.15) is 61.5 Å². The van der Waals surface area contributed by atoms with Crippen LogP contribution >= 0.6 is 0 Å². The zero-order chi connectivity index (χ0) is 18.4. The van der Waals surface area contributed by atoms with E-state index in [1.807, 2.05) is 26.0 Å². The van der Waals surface area contributed by atoms with E-state index in [-0.39, 0.29) is 24.4 Å². The van der Waals surface area contributed by atoms with E-state index in [9.17, 15) is 9.59 Å². The number of hydrogen-bond donors (Lipinski definition) is 0. The van der Waals surface area contributed by atoms with Crippen molar-refractivity contribution in [1.29, 1.82) is 0 Å². The smallest absolute Gasteiger partial charge is 0.336 e. The predicted molar refractivity (Wildman–Crippen MR) is 99.3 cm³/mol. The van der Waals surface area contributed by atoms with Crippen LogP contribution in [-0.2, 0) is 6.42 Å². The molecule has 0 bridgehead atoms. The maximum atomic E-state index is 12.8. The molecule has 0 radical (unpaired) electrons. The van der Waals surface area contributed by atoms with Gasteiger partial charge in [0.15, 0.2) is 11.4 Å². The molecule has 3 heterocycles. The van der Waals surface area contributed by atoms with Gasteiger partial charge in [-0.3, -0.25) is 4.79 Å². The first-order valence-electron chi connectivity index (χ1n) is 9.24. The monoisotopic (exact) mass is 354 g/mol. The molecule has 1 aromatic carbocycles. The second-order valence-corrected chi connectivity index (χ2v) is 6.96. The van der Waals surface area contributed by atoms with Crippen molar-refractivity contribution < 1.29 is 18.7 Å². The molecular weight excluding hydrogens is 332 g/mol. The normalized spacial score (nSPS) is 21.1. The zero-order valence-electron chi connectivity index (χ0n) is 15.3. The van der Waals surface area contributed by atoms with Crippen molar-refractivity contribution >= 4 is 22.8 Å². The Balaban J connectivity index is 2.10. The second-order valence-electron chi connectivity index (χ2n) is 6.96. The standard InChI is InChI=1S/C21H22O5/c1-4-6-13-7-8-14-19(25-13)17-12(5-2)10-16(23)26-21(17)18-15(22)9-11(3)24-20(14)18/h7-8,10-11,13H,4-6,9H2,1-3H3. The summed E-state index contributed by atoms with van der Waals surface area (Å²) in [5, 5.41) is 0.720. The van der Waals surface area contributed by atoms with E-state index in [1.165, 1.54) is 6.07 Å². The number of carbonyl (C=O) groups excluding carboxylic acids is 1. The third-order valence-corrected chi connectivity index (χ3v) is 4.98. The lowest BCUT2D eigenvalue weighted by Gasteiger charge is -2.30. The summed E-state index contributed by atoms with van der Waals surface area (Å²) in [6.45, 7) is 5.95. The fourth-order valence-electron chi connectivity index (χ4n) is 3.81. The van der Waals surface area contributed by atoms with E-state index in [0.717, 1.165) is 29.4 Å². The van der Waals surface area contributed by atoms with Crippen molar-refractivity contribution in [2.75, 3.05) is 0 Å². The quantitative estimate of drug-likeness (QED) is 0.770. The van der Waals surface area contributed by atoms with Crippen LogP contribution in [0, 0.1) is 0 Å². The molecule has 0 spiro atoms. The Morgan fingerprint density at radius 2 is 1.96 bits per heavy atom. The van der Waals surface area contributed by atoms with Crippen LogP contribution in [0.4, 0.5) is 0 Å². The van der Waals surface area contributed by atoms with Crippen LogP contribution in [-0.4, -0.2) is 18.0 Å². The van der Waals surface area contributed by atoms with Crippen LogP contribution in [0.25, 0.3) is 17.0 Å². The molecule has 26 heavy (non-hydrogen) atoms. The highest BCUT2D eigenvalue weighted by Gasteiger charge is 2.34. The maximum Gasteiger partial charge on any atom is 0.336 e. The molecule has 2 atom stereocenters. The molecule has 0 saturated carbocycles. The van der Waals surface area contributed by atoms with Crippen molar-refractivity contribution in [2.24, 2.45) is 0 Å². The molecular formula is C21H22O5. The lowest BCUT2D eigenvalue weighted by atomic mass is 9.91. The first kappa shape index (κ1) is 16.9. The van der Waals surface area contributed by atoms with Gasteiger partial charge in [0.05, 0.1) is 10.9 Å². The molecule has 0 amide bonds. The number of ether oxygens (including phenoxy) is 2. The summed E-state index contributed by atoms with van der Waals surface area (Å²) in [4.78, 5) is 24.8. The van der Waals surface area contributed by atoms with Crippen molar-refractivity contribution in [3.63, 3.8) is 0 Å². The van der Waals surface area contributed by atoms with Crippen LogP contribution in [0.5, 0.6) is 11.5 Å². The van der Waals surface area contributed by atoms with E-state index in [1.54, 1.807) is 0 Å². The number of carbonyl (C=O) groups is 1. The average molecular weight is 354 g/mol. The molecule has 5 nitrogen and oxygen atoms in total. The molecule has 2 unspecified atom stereocenters. The fraction of sp³-hybridized carbons (Fsp3) is 0.429. The Bertz CT molecular complexity index is 982. The number of benzene rings is 1. The molecule has 0 aliphatic carbocycles. The van der Waals surface area contributed by atoms with E-state index in [2.05, 4.69) is 6.92 Å². The van der Waals surface area contributed by atoms with Gasteiger partial charge in [-0.25, -0.2) is 4.79 Å². The van der Waals surface area contributed by atoms with Crippen molar-refractivity contribution in [1.82, 2.24) is 0 Å². The van der Waals surface area contributed by atoms with Gasteiger partial charge in [0.1, 0.15) is 29.3 Å². The number of aryl methyl sites for hydroxylation is 1. The lowest BCUT2D eigenvalue weighted by Crippen LogP contribution is -2.27. The van der Waals surface area contributed by atoms with Gasteiger partial charge in [-0.1, -0.05) is 20.3 Å². The van der Waals surface area contributed by atoms with Crippen molar-refractivity contribution in [2.45, 2.75) is 58.7 Å². The zero-order valence-corrected chi connectivity index (χ0v) is 15.3. The summed E-state index contributed by atoms with van der Waals surface area (Å²) in [7, 11) is 0. The summed E-state index contributed by atoms with van der Waals surface area (Å²) in [5.74, 6) is 1.06. The van der Waals surface area contributed by atoms with Crippen LogP contribution in [0.3, 0.4) is 0 Å². The molecule has 2 aliphatic rings. The third-order valence-electron chi connectivity index (χ3n) is 4.98. The van der Waals surface area contributed by atoms with Crippen LogP contribution < -0.4 is 15.1 Å². The Kier molecular flexibility index (Phi) is 4.10. The third kappa shape index (κ3) is 2.54. The van der Waals surface area contributed by atoms with Crippen molar-refractivity contribution in [3.8, 4) is 11.5 Å². The van der Waals surface area contributed by atoms with Gasteiger partial charge in [-0.15, -0.1) is 0 Å². The topological polar surface area (TPSA) is 65.7 Å². The second kappa shape index (κ2) is 6.31. The highest BCUT2D eigenvalue weighted by molar-refractivity contribution is 6.13.